The quantitative estimate of drug-likeness (QED) is 0.819. The molecule has 4 heteroatoms. The van der Waals surface area contributed by atoms with Crippen molar-refractivity contribution < 1.29 is 9.90 Å². The van der Waals surface area contributed by atoms with Gasteiger partial charge in [0.25, 0.3) is 0 Å². The fourth-order valence-corrected chi connectivity index (χ4v) is 2.63. The predicted octanol–water partition coefficient (Wildman–Crippen LogP) is 2.63. The molecule has 1 aromatic carbocycles. The third-order valence-electron chi connectivity index (χ3n) is 3.47. The molecule has 88 valence electrons. The molecule has 17 heavy (non-hydrogen) atoms. The average Bonchev–Trinajstić information content (AvgIpc) is 2.67. The topological polar surface area (TPSA) is 55.1 Å². The zero-order chi connectivity index (χ0) is 12.0. The summed E-state index contributed by atoms with van der Waals surface area (Å²) in [5, 5.41) is 8.96. The molecule has 0 spiro atoms. The van der Waals surface area contributed by atoms with Crippen molar-refractivity contribution >= 4 is 17.0 Å². The number of carboxylic acids is 1. The minimum Gasteiger partial charge on any atom is -0.478 e. The molecule has 1 atom stereocenters. The number of rotatable bonds is 1. The first-order chi connectivity index (χ1) is 8.16. The number of carboxylic acid groups (broad SMARTS) is 1. The van der Waals surface area contributed by atoms with Gasteiger partial charge in [-0.05, 0) is 38.0 Å². The summed E-state index contributed by atoms with van der Waals surface area (Å²) in [6.07, 6.45) is 3.32. The lowest BCUT2D eigenvalue weighted by Crippen LogP contribution is -2.14. The summed E-state index contributed by atoms with van der Waals surface area (Å²) in [7, 11) is 0. The lowest BCUT2D eigenvalue weighted by molar-refractivity contribution is 0.0697. The fourth-order valence-electron chi connectivity index (χ4n) is 2.63. The van der Waals surface area contributed by atoms with Crippen molar-refractivity contribution in [3.05, 3.63) is 29.6 Å². The Kier molecular flexibility index (Phi) is 2.18. The molecule has 2 heterocycles. The lowest BCUT2D eigenvalue weighted by Gasteiger charge is -2.22. The zero-order valence-corrected chi connectivity index (χ0v) is 9.68. The van der Waals surface area contributed by atoms with Gasteiger partial charge in [-0.15, -0.1) is 0 Å². The number of aromatic carboxylic acids is 1. The number of nitrogens with zero attached hydrogens (tertiary/aromatic N) is 2. The minimum absolute atomic E-state index is 0.306. The maximum Gasteiger partial charge on any atom is 0.335 e. The highest BCUT2D eigenvalue weighted by molar-refractivity contribution is 5.92. The first-order valence-corrected chi connectivity index (χ1v) is 5.91. The van der Waals surface area contributed by atoms with Crippen molar-refractivity contribution in [1.29, 1.82) is 0 Å². The summed E-state index contributed by atoms with van der Waals surface area (Å²) < 4.78 is 2.24. The molecule has 0 fully saturated rings. The van der Waals surface area contributed by atoms with Gasteiger partial charge in [0.2, 0.25) is 0 Å². The number of hydrogen-bond donors (Lipinski definition) is 1. The number of aryl methyl sites for hydroxylation is 1. The van der Waals surface area contributed by atoms with Gasteiger partial charge in [-0.25, -0.2) is 9.78 Å². The first-order valence-electron chi connectivity index (χ1n) is 5.91. The van der Waals surface area contributed by atoms with Crippen molar-refractivity contribution in [2.75, 3.05) is 0 Å². The molecule has 0 saturated carbocycles. The van der Waals surface area contributed by atoms with Crippen LogP contribution in [0.1, 0.15) is 42.0 Å². The average molecular weight is 230 g/mol. The van der Waals surface area contributed by atoms with Gasteiger partial charge in [-0.2, -0.15) is 0 Å². The van der Waals surface area contributed by atoms with E-state index in [0.717, 1.165) is 29.7 Å². The highest BCUT2D eigenvalue weighted by Crippen LogP contribution is 2.29. The second kappa shape index (κ2) is 3.58. The third-order valence-corrected chi connectivity index (χ3v) is 3.47. The van der Waals surface area contributed by atoms with Gasteiger partial charge >= 0.3 is 5.97 Å². The molecule has 4 nitrogen and oxygen atoms in total. The van der Waals surface area contributed by atoms with Gasteiger partial charge < -0.3 is 9.67 Å². The Balaban J connectivity index is 2.24. The fraction of sp³-hybridized carbons (Fsp3) is 0.385. The van der Waals surface area contributed by atoms with Crippen LogP contribution in [0.3, 0.4) is 0 Å². The summed E-state index contributed by atoms with van der Waals surface area (Å²) in [6, 6.07) is 5.65. The number of aromatic nitrogens is 2. The van der Waals surface area contributed by atoms with Gasteiger partial charge in [0.15, 0.2) is 0 Å². The van der Waals surface area contributed by atoms with Crippen LogP contribution in [0.4, 0.5) is 0 Å². The van der Waals surface area contributed by atoms with E-state index >= 15 is 0 Å². The van der Waals surface area contributed by atoms with Crippen molar-refractivity contribution in [2.24, 2.45) is 0 Å². The molecule has 0 saturated heterocycles. The number of benzene rings is 1. The Morgan fingerprint density at radius 1 is 1.53 bits per heavy atom. The van der Waals surface area contributed by atoms with E-state index in [-0.39, 0.29) is 0 Å². The largest absolute Gasteiger partial charge is 0.478 e. The molecule has 3 rings (SSSR count). The van der Waals surface area contributed by atoms with Gasteiger partial charge in [0, 0.05) is 12.5 Å². The zero-order valence-electron chi connectivity index (χ0n) is 9.68. The van der Waals surface area contributed by atoms with Crippen molar-refractivity contribution in [1.82, 2.24) is 9.55 Å². The Hall–Kier alpha value is -1.84. The van der Waals surface area contributed by atoms with Gasteiger partial charge in [0.1, 0.15) is 5.82 Å². The molecule has 1 aliphatic rings. The summed E-state index contributed by atoms with van der Waals surface area (Å²) in [5.74, 6) is 0.187. The SMILES string of the molecule is C[C@H]1CCCc2nc3cc(C(=O)O)ccc3n21. The second-order valence-electron chi connectivity index (χ2n) is 4.65. The van der Waals surface area contributed by atoms with E-state index in [0.29, 0.717) is 11.6 Å². The molecule has 2 aromatic rings. The van der Waals surface area contributed by atoms with Gasteiger partial charge in [-0.1, -0.05) is 0 Å². The van der Waals surface area contributed by atoms with Crippen LogP contribution in [0.15, 0.2) is 18.2 Å². The molecular formula is C13H14N2O2. The maximum absolute atomic E-state index is 10.9. The molecule has 0 aliphatic carbocycles. The Morgan fingerprint density at radius 2 is 2.35 bits per heavy atom. The predicted molar refractivity (Wildman–Crippen MR) is 64.3 cm³/mol. The monoisotopic (exact) mass is 230 g/mol. The van der Waals surface area contributed by atoms with E-state index in [9.17, 15) is 4.79 Å². The van der Waals surface area contributed by atoms with Crippen LogP contribution in [0.5, 0.6) is 0 Å². The smallest absolute Gasteiger partial charge is 0.335 e. The minimum atomic E-state index is -0.897. The highest BCUT2D eigenvalue weighted by Gasteiger charge is 2.20. The van der Waals surface area contributed by atoms with Crippen LogP contribution < -0.4 is 0 Å². The number of hydrogen-bond acceptors (Lipinski definition) is 2. The standard InChI is InChI=1S/C13H14N2O2/c1-8-3-2-4-12-14-10-7-9(13(16)17)5-6-11(10)15(8)12/h5-8H,2-4H2,1H3,(H,16,17)/t8-/m0/s1. The molecule has 1 aromatic heterocycles. The normalized spacial score (nSPS) is 19.2. The molecule has 0 amide bonds. The third kappa shape index (κ3) is 1.52. The van der Waals surface area contributed by atoms with E-state index < -0.39 is 5.97 Å². The first kappa shape index (κ1) is 10.3. The highest BCUT2D eigenvalue weighted by atomic mass is 16.4. The van der Waals surface area contributed by atoms with Crippen LogP contribution in [0.2, 0.25) is 0 Å². The Labute approximate surface area is 98.9 Å². The van der Waals surface area contributed by atoms with Crippen molar-refractivity contribution in [3.63, 3.8) is 0 Å². The summed E-state index contributed by atoms with van der Waals surface area (Å²) in [6.45, 7) is 2.19. The van der Waals surface area contributed by atoms with Crippen LogP contribution in [-0.2, 0) is 6.42 Å². The summed E-state index contributed by atoms with van der Waals surface area (Å²) >= 11 is 0. The van der Waals surface area contributed by atoms with Crippen molar-refractivity contribution in [3.8, 4) is 0 Å². The number of imidazole rings is 1. The Morgan fingerprint density at radius 3 is 3.12 bits per heavy atom. The van der Waals surface area contributed by atoms with Crippen LogP contribution >= 0.6 is 0 Å². The lowest BCUT2D eigenvalue weighted by atomic mass is 10.1. The maximum atomic E-state index is 10.9. The molecule has 0 radical (unpaired) electrons. The molecular weight excluding hydrogens is 216 g/mol. The van der Waals surface area contributed by atoms with Crippen molar-refractivity contribution in [2.45, 2.75) is 32.2 Å². The molecule has 0 unspecified atom stereocenters. The molecule has 1 aliphatic heterocycles. The Bertz CT molecular complexity index is 601. The van der Waals surface area contributed by atoms with Crippen LogP contribution in [-0.4, -0.2) is 20.6 Å². The van der Waals surface area contributed by atoms with Crippen LogP contribution in [0.25, 0.3) is 11.0 Å². The van der Waals surface area contributed by atoms with Crippen LogP contribution in [0, 0.1) is 0 Å². The summed E-state index contributed by atoms with van der Waals surface area (Å²) in [5.41, 5.74) is 2.16. The van der Waals surface area contributed by atoms with E-state index in [1.54, 1.807) is 12.1 Å². The van der Waals surface area contributed by atoms with Gasteiger partial charge in [0.05, 0.1) is 16.6 Å². The molecule has 0 bridgehead atoms. The van der Waals surface area contributed by atoms with Gasteiger partial charge in [-0.3, -0.25) is 0 Å². The summed E-state index contributed by atoms with van der Waals surface area (Å²) in [4.78, 5) is 15.5. The number of fused-ring (bicyclic) bond motifs is 3. The number of carbonyl (C=O) groups is 1. The second-order valence-corrected chi connectivity index (χ2v) is 4.65. The molecule has 1 N–H and O–H groups in total. The van der Waals surface area contributed by atoms with E-state index in [4.69, 9.17) is 5.11 Å². The van der Waals surface area contributed by atoms with E-state index in [1.165, 1.54) is 6.42 Å². The van der Waals surface area contributed by atoms with E-state index in [1.807, 2.05) is 6.07 Å². The van der Waals surface area contributed by atoms with E-state index in [2.05, 4.69) is 16.5 Å².